The van der Waals surface area contributed by atoms with Crippen molar-refractivity contribution in [2.75, 3.05) is 6.54 Å². The molecule has 2 nitrogen and oxygen atoms in total. The number of pyridine rings is 1. The van der Waals surface area contributed by atoms with Crippen LogP contribution in [0, 0.1) is 5.82 Å². The smallest absolute Gasteiger partial charge is 0.123 e. The van der Waals surface area contributed by atoms with Crippen molar-refractivity contribution >= 4 is 0 Å². The predicted octanol–water partition coefficient (Wildman–Crippen LogP) is 4.28. The van der Waals surface area contributed by atoms with Gasteiger partial charge in [-0.3, -0.25) is 4.98 Å². The summed E-state index contributed by atoms with van der Waals surface area (Å²) < 4.78 is 13.0. The Labute approximate surface area is 126 Å². The lowest BCUT2D eigenvalue weighted by Gasteiger charge is -2.19. The summed E-state index contributed by atoms with van der Waals surface area (Å²) in [5.41, 5.74) is 2.45. The summed E-state index contributed by atoms with van der Waals surface area (Å²) >= 11 is 0. The summed E-state index contributed by atoms with van der Waals surface area (Å²) in [4.78, 5) is 4.03. The van der Waals surface area contributed by atoms with Crippen LogP contribution in [0.2, 0.25) is 0 Å². The Morgan fingerprint density at radius 3 is 2.48 bits per heavy atom. The molecule has 0 fully saturated rings. The van der Waals surface area contributed by atoms with Crippen molar-refractivity contribution in [3.8, 4) is 0 Å². The van der Waals surface area contributed by atoms with E-state index in [1.807, 2.05) is 36.7 Å². The Bertz CT molecular complexity index is 511. The van der Waals surface area contributed by atoms with Gasteiger partial charge in [-0.25, -0.2) is 4.39 Å². The third-order valence-electron chi connectivity index (χ3n) is 3.67. The third-order valence-corrected chi connectivity index (χ3v) is 3.67. The fraction of sp³-hybridized carbons (Fsp3) is 0.389. The quantitative estimate of drug-likeness (QED) is 0.783. The molecule has 1 aromatic carbocycles. The molecule has 2 aromatic rings. The Morgan fingerprint density at radius 2 is 1.81 bits per heavy atom. The molecule has 1 N–H and O–H groups in total. The number of unbranched alkanes of at least 4 members (excludes halogenated alkanes) is 1. The zero-order valence-corrected chi connectivity index (χ0v) is 12.6. The first-order valence-electron chi connectivity index (χ1n) is 7.67. The van der Waals surface area contributed by atoms with E-state index in [4.69, 9.17) is 0 Å². The molecule has 0 amide bonds. The standard InChI is InChI=1S/C18H23FN2/c1-2-3-4-18(16-5-7-17(19)8-6-16)21-14-11-15-9-12-20-13-10-15/h5-10,12-13,18,21H,2-4,11,14H2,1H3. The van der Waals surface area contributed by atoms with Crippen LogP contribution in [0.3, 0.4) is 0 Å². The minimum atomic E-state index is -0.176. The van der Waals surface area contributed by atoms with Gasteiger partial charge < -0.3 is 5.32 Å². The van der Waals surface area contributed by atoms with Gasteiger partial charge in [-0.2, -0.15) is 0 Å². The van der Waals surface area contributed by atoms with E-state index >= 15 is 0 Å². The second-order valence-corrected chi connectivity index (χ2v) is 5.31. The summed E-state index contributed by atoms with van der Waals surface area (Å²) in [6.45, 7) is 3.11. The summed E-state index contributed by atoms with van der Waals surface area (Å²) in [6.07, 6.45) is 8.05. The maximum Gasteiger partial charge on any atom is 0.123 e. The lowest BCUT2D eigenvalue weighted by atomic mass is 10.0. The Kier molecular flexibility index (Phi) is 6.35. The molecule has 0 saturated heterocycles. The van der Waals surface area contributed by atoms with Gasteiger partial charge in [-0.1, -0.05) is 31.9 Å². The van der Waals surface area contributed by atoms with E-state index in [-0.39, 0.29) is 5.82 Å². The first kappa shape index (κ1) is 15.6. The van der Waals surface area contributed by atoms with Crippen LogP contribution in [0.15, 0.2) is 48.8 Å². The number of nitrogens with zero attached hydrogens (tertiary/aromatic N) is 1. The molecular weight excluding hydrogens is 263 g/mol. The highest BCUT2D eigenvalue weighted by molar-refractivity contribution is 5.20. The second-order valence-electron chi connectivity index (χ2n) is 5.31. The normalized spacial score (nSPS) is 12.3. The van der Waals surface area contributed by atoms with Crippen LogP contribution < -0.4 is 5.32 Å². The van der Waals surface area contributed by atoms with Gasteiger partial charge in [0.1, 0.15) is 5.82 Å². The number of benzene rings is 1. The molecule has 0 aliphatic carbocycles. The molecule has 0 aliphatic heterocycles. The van der Waals surface area contributed by atoms with Crippen LogP contribution in [0.5, 0.6) is 0 Å². The van der Waals surface area contributed by atoms with Gasteiger partial charge in [0.15, 0.2) is 0 Å². The monoisotopic (exact) mass is 286 g/mol. The number of hydrogen-bond acceptors (Lipinski definition) is 2. The average Bonchev–Trinajstić information content (AvgIpc) is 2.53. The van der Waals surface area contributed by atoms with Crippen LogP contribution in [0.25, 0.3) is 0 Å². The van der Waals surface area contributed by atoms with Crippen LogP contribution in [0.1, 0.15) is 43.4 Å². The molecule has 0 bridgehead atoms. The van der Waals surface area contributed by atoms with Gasteiger partial charge in [0.25, 0.3) is 0 Å². The Balaban J connectivity index is 1.91. The van der Waals surface area contributed by atoms with Crippen molar-refractivity contribution in [2.45, 2.75) is 38.6 Å². The van der Waals surface area contributed by atoms with Crippen molar-refractivity contribution in [3.05, 3.63) is 65.7 Å². The minimum absolute atomic E-state index is 0.176. The molecule has 1 unspecified atom stereocenters. The Hall–Kier alpha value is -1.74. The zero-order valence-electron chi connectivity index (χ0n) is 12.6. The first-order valence-corrected chi connectivity index (χ1v) is 7.67. The van der Waals surface area contributed by atoms with Gasteiger partial charge in [0.05, 0.1) is 0 Å². The van der Waals surface area contributed by atoms with Gasteiger partial charge in [-0.05, 0) is 54.8 Å². The molecule has 0 spiro atoms. The van der Waals surface area contributed by atoms with Crippen molar-refractivity contribution in [1.82, 2.24) is 10.3 Å². The number of halogens is 1. The predicted molar refractivity (Wildman–Crippen MR) is 84.6 cm³/mol. The first-order chi connectivity index (χ1) is 10.3. The van der Waals surface area contributed by atoms with E-state index in [0.717, 1.165) is 19.4 Å². The van der Waals surface area contributed by atoms with E-state index in [1.165, 1.54) is 24.0 Å². The van der Waals surface area contributed by atoms with Gasteiger partial charge in [0.2, 0.25) is 0 Å². The van der Waals surface area contributed by atoms with Gasteiger partial charge in [-0.15, -0.1) is 0 Å². The van der Waals surface area contributed by atoms with Crippen LogP contribution in [-0.4, -0.2) is 11.5 Å². The minimum Gasteiger partial charge on any atom is -0.310 e. The summed E-state index contributed by atoms with van der Waals surface area (Å²) in [5.74, 6) is -0.176. The summed E-state index contributed by atoms with van der Waals surface area (Å²) in [7, 11) is 0. The van der Waals surface area contributed by atoms with Gasteiger partial charge >= 0.3 is 0 Å². The van der Waals surface area contributed by atoms with Crippen LogP contribution >= 0.6 is 0 Å². The fourth-order valence-electron chi connectivity index (χ4n) is 2.43. The lowest BCUT2D eigenvalue weighted by Crippen LogP contribution is -2.23. The zero-order chi connectivity index (χ0) is 14.9. The SMILES string of the molecule is CCCCC(NCCc1ccncc1)c1ccc(F)cc1. The molecule has 0 saturated carbocycles. The lowest BCUT2D eigenvalue weighted by molar-refractivity contribution is 0.483. The van der Waals surface area contributed by atoms with Crippen molar-refractivity contribution in [1.29, 1.82) is 0 Å². The van der Waals surface area contributed by atoms with Crippen LogP contribution in [-0.2, 0) is 6.42 Å². The number of nitrogens with one attached hydrogen (secondary N) is 1. The van der Waals surface area contributed by atoms with E-state index < -0.39 is 0 Å². The molecule has 1 heterocycles. The molecule has 112 valence electrons. The summed E-state index contributed by atoms with van der Waals surface area (Å²) in [5, 5.41) is 3.60. The van der Waals surface area contributed by atoms with Crippen molar-refractivity contribution in [3.63, 3.8) is 0 Å². The van der Waals surface area contributed by atoms with E-state index in [2.05, 4.69) is 17.2 Å². The number of hydrogen-bond donors (Lipinski definition) is 1. The van der Waals surface area contributed by atoms with E-state index in [0.29, 0.717) is 6.04 Å². The molecule has 0 aliphatic rings. The van der Waals surface area contributed by atoms with Crippen molar-refractivity contribution < 1.29 is 4.39 Å². The van der Waals surface area contributed by atoms with E-state index in [9.17, 15) is 4.39 Å². The highest BCUT2D eigenvalue weighted by Gasteiger charge is 2.10. The molecule has 1 aromatic heterocycles. The molecule has 21 heavy (non-hydrogen) atoms. The maximum atomic E-state index is 13.0. The highest BCUT2D eigenvalue weighted by Crippen LogP contribution is 2.19. The third kappa shape index (κ3) is 5.27. The molecule has 0 radical (unpaired) electrons. The molecule has 1 atom stereocenters. The van der Waals surface area contributed by atoms with E-state index in [1.54, 1.807) is 12.1 Å². The average molecular weight is 286 g/mol. The maximum absolute atomic E-state index is 13.0. The van der Waals surface area contributed by atoms with Crippen LogP contribution in [0.4, 0.5) is 4.39 Å². The largest absolute Gasteiger partial charge is 0.310 e. The van der Waals surface area contributed by atoms with Gasteiger partial charge in [0, 0.05) is 18.4 Å². The topological polar surface area (TPSA) is 24.9 Å². The number of aromatic nitrogens is 1. The molecule has 3 heteroatoms. The summed E-state index contributed by atoms with van der Waals surface area (Å²) in [6, 6.07) is 11.2. The second kappa shape index (κ2) is 8.53. The highest BCUT2D eigenvalue weighted by atomic mass is 19.1. The van der Waals surface area contributed by atoms with Crippen molar-refractivity contribution in [2.24, 2.45) is 0 Å². The Morgan fingerprint density at radius 1 is 1.10 bits per heavy atom. The molecular formula is C18H23FN2. The number of rotatable bonds is 8. The molecule has 2 rings (SSSR count). The fourth-order valence-corrected chi connectivity index (χ4v) is 2.43.